The zero-order chi connectivity index (χ0) is 11.4. The van der Waals surface area contributed by atoms with E-state index in [-0.39, 0.29) is 11.3 Å². The predicted octanol–water partition coefficient (Wildman–Crippen LogP) is 0.647. The molecule has 0 aliphatic carbocycles. The Balaban J connectivity index is 2.85. The quantitative estimate of drug-likeness (QED) is 0.491. The van der Waals surface area contributed by atoms with Gasteiger partial charge in [0, 0.05) is 5.56 Å². The Bertz CT molecular complexity index is 386. The van der Waals surface area contributed by atoms with Gasteiger partial charge >= 0.3 is 12.1 Å². The predicted molar refractivity (Wildman–Crippen MR) is 47.2 cm³/mol. The van der Waals surface area contributed by atoms with Crippen molar-refractivity contribution < 1.29 is 29.6 Å². The zero-order valence-corrected chi connectivity index (χ0v) is 7.45. The summed E-state index contributed by atoms with van der Waals surface area (Å²) in [6.45, 7) is 0. The van der Waals surface area contributed by atoms with Crippen molar-refractivity contribution in [2.45, 2.75) is 6.10 Å². The van der Waals surface area contributed by atoms with Gasteiger partial charge in [-0.1, -0.05) is 18.2 Å². The van der Waals surface area contributed by atoms with Gasteiger partial charge in [0.05, 0.1) is 0 Å². The molecule has 0 amide bonds. The van der Waals surface area contributed by atoms with Gasteiger partial charge in [0.1, 0.15) is 5.75 Å². The highest BCUT2D eigenvalue weighted by Gasteiger charge is 2.23. The molecular formula is C9H8O6. The van der Waals surface area contributed by atoms with E-state index in [9.17, 15) is 19.8 Å². The molecular weight excluding hydrogens is 204 g/mol. The van der Waals surface area contributed by atoms with Gasteiger partial charge in [0.2, 0.25) is 0 Å². The molecule has 0 fully saturated rings. The lowest BCUT2D eigenvalue weighted by molar-refractivity contribution is -0.149. The minimum atomic E-state index is -1.82. The molecule has 0 saturated carbocycles. The maximum absolute atomic E-state index is 10.9. The summed E-state index contributed by atoms with van der Waals surface area (Å²) in [5, 5.41) is 26.7. The van der Waals surface area contributed by atoms with Crippen LogP contribution in [0.15, 0.2) is 24.3 Å². The monoisotopic (exact) mass is 212 g/mol. The molecule has 0 heterocycles. The van der Waals surface area contributed by atoms with Gasteiger partial charge in [-0.3, -0.25) is 0 Å². The highest BCUT2D eigenvalue weighted by atomic mass is 16.7. The van der Waals surface area contributed by atoms with Crippen molar-refractivity contribution in [3.63, 3.8) is 0 Å². The SMILES string of the molecule is O=C(O)OC(=O)C(O)c1ccccc1O. The average Bonchev–Trinajstić information content (AvgIpc) is 2.16. The largest absolute Gasteiger partial charge is 0.513 e. The highest BCUT2D eigenvalue weighted by molar-refractivity contribution is 5.85. The Labute approximate surface area is 84.3 Å². The Morgan fingerprint density at radius 1 is 1.27 bits per heavy atom. The standard InChI is InChI=1S/C9H8O6/c10-6-4-2-1-3-5(6)7(11)8(12)15-9(13)14/h1-4,7,10-11H,(H,13,14). The van der Waals surface area contributed by atoms with Gasteiger partial charge in [-0.25, -0.2) is 9.59 Å². The molecule has 1 unspecified atom stereocenters. The minimum Gasteiger partial charge on any atom is -0.508 e. The van der Waals surface area contributed by atoms with Crippen LogP contribution in [0.5, 0.6) is 5.75 Å². The van der Waals surface area contributed by atoms with Crippen molar-refractivity contribution >= 4 is 12.1 Å². The first-order chi connectivity index (χ1) is 7.02. The van der Waals surface area contributed by atoms with E-state index in [1.54, 1.807) is 0 Å². The van der Waals surface area contributed by atoms with E-state index in [1.165, 1.54) is 24.3 Å². The fourth-order valence-corrected chi connectivity index (χ4v) is 0.988. The summed E-state index contributed by atoms with van der Waals surface area (Å²) < 4.78 is 3.74. The third-order valence-corrected chi connectivity index (χ3v) is 1.64. The molecule has 1 atom stereocenters. The second-order valence-corrected chi connectivity index (χ2v) is 2.65. The third-order valence-electron chi connectivity index (χ3n) is 1.64. The van der Waals surface area contributed by atoms with Gasteiger partial charge in [-0.15, -0.1) is 0 Å². The molecule has 0 radical (unpaired) electrons. The summed E-state index contributed by atoms with van der Waals surface area (Å²) in [6.07, 6.45) is -3.63. The normalized spacial score (nSPS) is 11.8. The van der Waals surface area contributed by atoms with E-state index in [0.717, 1.165) is 0 Å². The Hall–Kier alpha value is -2.08. The number of rotatable bonds is 2. The number of phenols is 1. The smallest absolute Gasteiger partial charge is 0.508 e. The minimum absolute atomic E-state index is 0.108. The molecule has 3 N–H and O–H groups in total. The van der Waals surface area contributed by atoms with E-state index in [1.807, 2.05) is 0 Å². The summed E-state index contributed by atoms with van der Waals surface area (Å²) in [7, 11) is 0. The van der Waals surface area contributed by atoms with Crippen LogP contribution in [0.25, 0.3) is 0 Å². The number of aromatic hydroxyl groups is 1. The average molecular weight is 212 g/mol. The summed E-state index contributed by atoms with van der Waals surface area (Å²) in [5.74, 6) is -1.67. The van der Waals surface area contributed by atoms with E-state index in [2.05, 4.69) is 4.74 Å². The van der Waals surface area contributed by atoms with Gasteiger partial charge < -0.3 is 20.1 Å². The fourth-order valence-electron chi connectivity index (χ4n) is 0.988. The van der Waals surface area contributed by atoms with Crippen molar-refractivity contribution in [1.82, 2.24) is 0 Å². The third kappa shape index (κ3) is 2.68. The number of aliphatic hydroxyl groups is 1. The lowest BCUT2D eigenvalue weighted by Crippen LogP contribution is -2.18. The van der Waals surface area contributed by atoms with E-state index >= 15 is 0 Å². The van der Waals surface area contributed by atoms with Crippen molar-refractivity contribution in [1.29, 1.82) is 0 Å². The number of carboxylic acid groups (broad SMARTS) is 1. The van der Waals surface area contributed by atoms with Gasteiger partial charge in [-0.2, -0.15) is 0 Å². The maximum atomic E-state index is 10.9. The molecule has 0 aliphatic rings. The van der Waals surface area contributed by atoms with Crippen molar-refractivity contribution in [2.24, 2.45) is 0 Å². The first-order valence-corrected chi connectivity index (χ1v) is 3.93. The zero-order valence-electron chi connectivity index (χ0n) is 7.45. The van der Waals surface area contributed by atoms with Crippen LogP contribution in [0.1, 0.15) is 11.7 Å². The first-order valence-electron chi connectivity index (χ1n) is 3.93. The molecule has 1 aromatic rings. The molecule has 0 bridgehead atoms. The summed E-state index contributed by atoms with van der Waals surface area (Å²) in [4.78, 5) is 21.0. The number of ether oxygens (including phenoxy) is 1. The number of para-hydroxylation sites is 1. The molecule has 0 aliphatic heterocycles. The van der Waals surface area contributed by atoms with Crippen molar-refractivity contribution in [3.8, 4) is 5.75 Å². The Morgan fingerprint density at radius 3 is 2.40 bits per heavy atom. The summed E-state index contributed by atoms with van der Waals surface area (Å²) in [5.41, 5.74) is -0.108. The van der Waals surface area contributed by atoms with Crippen LogP contribution in [0, 0.1) is 0 Å². The number of carbonyl (C=O) groups excluding carboxylic acids is 1. The van der Waals surface area contributed by atoms with Crippen LogP contribution >= 0.6 is 0 Å². The van der Waals surface area contributed by atoms with Crippen LogP contribution in [-0.4, -0.2) is 27.4 Å². The Morgan fingerprint density at radius 2 is 1.87 bits per heavy atom. The number of benzene rings is 1. The number of hydrogen-bond donors (Lipinski definition) is 3. The molecule has 0 spiro atoms. The van der Waals surface area contributed by atoms with Crippen LogP contribution in [0.2, 0.25) is 0 Å². The summed E-state index contributed by atoms with van der Waals surface area (Å²) in [6, 6.07) is 5.51. The number of carbonyl (C=O) groups is 2. The van der Waals surface area contributed by atoms with Crippen LogP contribution in [0.4, 0.5) is 4.79 Å². The topological polar surface area (TPSA) is 104 Å². The van der Waals surface area contributed by atoms with E-state index in [0.29, 0.717) is 0 Å². The molecule has 0 aromatic heterocycles. The van der Waals surface area contributed by atoms with Crippen LogP contribution < -0.4 is 0 Å². The fraction of sp³-hybridized carbons (Fsp3) is 0.111. The van der Waals surface area contributed by atoms with Crippen molar-refractivity contribution in [3.05, 3.63) is 29.8 Å². The van der Waals surface area contributed by atoms with E-state index in [4.69, 9.17) is 5.11 Å². The molecule has 15 heavy (non-hydrogen) atoms. The van der Waals surface area contributed by atoms with Gasteiger partial charge in [0.25, 0.3) is 0 Å². The lowest BCUT2D eigenvalue weighted by Gasteiger charge is -2.09. The van der Waals surface area contributed by atoms with Crippen molar-refractivity contribution in [2.75, 3.05) is 0 Å². The summed E-state index contributed by atoms with van der Waals surface area (Å²) >= 11 is 0. The lowest BCUT2D eigenvalue weighted by atomic mass is 10.1. The molecule has 1 aromatic carbocycles. The van der Waals surface area contributed by atoms with E-state index < -0.39 is 18.2 Å². The van der Waals surface area contributed by atoms with Crippen LogP contribution in [0.3, 0.4) is 0 Å². The second kappa shape index (κ2) is 4.43. The molecule has 6 heteroatoms. The Kier molecular flexibility index (Phi) is 3.25. The second-order valence-electron chi connectivity index (χ2n) is 2.65. The van der Waals surface area contributed by atoms with Crippen LogP contribution in [-0.2, 0) is 9.53 Å². The first kappa shape index (κ1) is 11.0. The number of phenolic OH excluding ortho intramolecular Hbond substituents is 1. The molecule has 6 nitrogen and oxygen atoms in total. The number of aliphatic hydroxyl groups excluding tert-OH is 1. The number of hydrogen-bond acceptors (Lipinski definition) is 5. The molecule has 80 valence electrons. The van der Waals surface area contributed by atoms with Gasteiger partial charge in [0.15, 0.2) is 6.10 Å². The maximum Gasteiger partial charge on any atom is 0.513 e. The van der Waals surface area contributed by atoms with Gasteiger partial charge in [-0.05, 0) is 6.07 Å². The highest BCUT2D eigenvalue weighted by Crippen LogP contribution is 2.24. The molecule has 0 saturated heterocycles. The number of esters is 1. The molecule has 1 rings (SSSR count).